The van der Waals surface area contributed by atoms with E-state index in [1.165, 1.54) is 14.0 Å². The molecule has 0 aliphatic carbocycles. The maximum Gasteiger partial charge on any atom is 0.311 e. The fraction of sp³-hybridized carbons (Fsp3) is 0.956. The van der Waals surface area contributed by atoms with Crippen molar-refractivity contribution in [2.75, 3.05) is 59.4 Å². The number of thioether (sulfide) groups is 1. The number of rotatable bonds is 15. The number of aliphatic hydroxyl groups excluding tert-OH is 3. The highest BCUT2D eigenvalue weighted by molar-refractivity contribution is 7.98. The summed E-state index contributed by atoms with van der Waals surface area (Å²) in [4.78, 5) is 18.5. The van der Waals surface area contributed by atoms with Crippen LogP contribution in [-0.4, -0.2) is 196 Å². The zero-order valence-corrected chi connectivity index (χ0v) is 42.4. The minimum absolute atomic E-state index is 0.119. The summed E-state index contributed by atoms with van der Waals surface area (Å²) in [6, 6.07) is -0.899. The summed E-state index contributed by atoms with van der Waals surface area (Å²) in [6.07, 6.45) is -4.87. The Morgan fingerprint density at radius 3 is 2.19 bits per heavy atom. The summed E-state index contributed by atoms with van der Waals surface area (Å²) >= 11 is 7.29. The Morgan fingerprint density at radius 1 is 0.968 bits per heavy atom. The predicted molar refractivity (Wildman–Crippen MR) is 249 cm³/mol. The maximum atomic E-state index is 14.5. The predicted octanol–water partition coefficient (Wildman–Crippen LogP) is 2.88. The van der Waals surface area contributed by atoms with E-state index in [0.717, 1.165) is 18.7 Å². The van der Waals surface area contributed by atoms with Gasteiger partial charge in [-0.1, -0.05) is 20.8 Å². The van der Waals surface area contributed by atoms with Gasteiger partial charge in [-0.25, -0.2) is 0 Å². The van der Waals surface area contributed by atoms with Crippen molar-refractivity contribution in [3.05, 3.63) is 0 Å². The van der Waals surface area contributed by atoms with E-state index < -0.39 is 96.0 Å². The van der Waals surface area contributed by atoms with Crippen LogP contribution in [0.3, 0.4) is 0 Å². The lowest BCUT2D eigenvalue weighted by Crippen LogP contribution is -2.60. The molecule has 0 aromatic rings. The Labute approximate surface area is 388 Å². The summed E-state index contributed by atoms with van der Waals surface area (Å²) in [5, 5.41) is 66.8. The first kappa shape index (κ1) is 56.4. The van der Waals surface area contributed by atoms with Crippen LogP contribution in [0.2, 0.25) is 0 Å². The average Bonchev–Trinajstić information content (AvgIpc) is 3.21. The lowest BCUT2D eigenvalue weighted by molar-refractivity contribution is -0.318. The summed E-state index contributed by atoms with van der Waals surface area (Å²) in [6.45, 7) is 20.0. The van der Waals surface area contributed by atoms with Crippen molar-refractivity contribution in [3.8, 4) is 0 Å². The summed E-state index contributed by atoms with van der Waals surface area (Å²) < 4.78 is 38.1. The molecule has 0 amide bonds. The molecule has 3 rings (SSSR count). The van der Waals surface area contributed by atoms with Crippen molar-refractivity contribution in [2.45, 2.75) is 198 Å². The molecular weight excluding hydrogens is 853 g/mol. The Kier molecular flexibility index (Phi) is 22.2. The van der Waals surface area contributed by atoms with Gasteiger partial charge in [-0.3, -0.25) is 9.69 Å². The lowest BCUT2D eigenvalue weighted by atomic mass is 9.77. The summed E-state index contributed by atoms with van der Waals surface area (Å²) in [7, 11) is 5.29. The number of hydrogen-bond acceptors (Lipinski definition) is 16. The molecule has 63 heavy (non-hydrogen) atoms. The van der Waals surface area contributed by atoms with E-state index >= 15 is 0 Å². The van der Waals surface area contributed by atoms with Gasteiger partial charge in [0.15, 0.2) is 17.7 Å². The van der Waals surface area contributed by atoms with Crippen molar-refractivity contribution in [3.63, 3.8) is 0 Å². The van der Waals surface area contributed by atoms with Gasteiger partial charge < -0.3 is 69.5 Å². The second kappa shape index (κ2) is 24.9. The number of thiocarbonyl (C=S) groups is 1. The third kappa shape index (κ3) is 15.0. The standard InChI is InChI=1S/C45H86N4O12S2/c1-15-33-45(10,55)37(51)30(6)49(20-16-18-46-42(62)47-19-17-21-63-14)25-26(2)23-43(8,54)39(61-41-35(50)32(48(11)12)22-27(3)57-41)28(4)36(29(5)40(53)59-33)60-34-24-44(9,56-13)38(52)31(7)58-34/h26-39,41,50-52,54-55H,15-25H2,1-14H3,(H2,46,47,62)/t26-,27-,28+,29-,30-,31+,32+,33-,34+,35-,36+,37-,38+,39-,41+,43-,44-,45-/m1/s1. The van der Waals surface area contributed by atoms with Gasteiger partial charge in [0.05, 0.1) is 41.5 Å². The Hall–Kier alpha value is -0.970. The highest BCUT2D eigenvalue weighted by Crippen LogP contribution is 2.40. The SMILES string of the molecule is CC[C@H]1OC(=O)[C@H](C)[C@@H](O[C@H]2C[C@@](C)(OC)[C@@H](O)[C@H](C)O2)[C@H](C)[C@@H](O[C@@H]2O[C@H](C)C[C@H](N(C)C)[C@H]2O)[C@](C)(O)C[C@@H](C)CN(CCCNC(=S)NCCCSC)[C@H](C)[C@@H](O)[C@]1(C)O. The van der Waals surface area contributed by atoms with Crippen LogP contribution < -0.4 is 10.6 Å². The van der Waals surface area contributed by atoms with Crippen molar-refractivity contribution in [1.82, 2.24) is 20.4 Å². The van der Waals surface area contributed by atoms with Gasteiger partial charge >= 0.3 is 5.97 Å². The van der Waals surface area contributed by atoms with E-state index in [9.17, 15) is 30.3 Å². The third-order valence-corrected chi connectivity index (χ3v) is 14.7. The van der Waals surface area contributed by atoms with Crippen LogP contribution in [0.15, 0.2) is 0 Å². The molecule has 3 aliphatic heterocycles. The topological polar surface area (TPSA) is 204 Å². The van der Waals surface area contributed by atoms with E-state index in [0.29, 0.717) is 37.6 Å². The molecule has 370 valence electrons. The average molecular weight is 939 g/mol. The molecule has 3 fully saturated rings. The fourth-order valence-corrected chi connectivity index (χ4v) is 10.5. The molecule has 0 aromatic heterocycles. The molecule has 3 heterocycles. The first-order chi connectivity index (χ1) is 29.3. The number of nitrogens with one attached hydrogen (secondary N) is 2. The largest absolute Gasteiger partial charge is 0.459 e. The van der Waals surface area contributed by atoms with Crippen LogP contribution in [-0.2, 0) is 33.2 Å². The molecule has 7 N–H and O–H groups in total. The van der Waals surface area contributed by atoms with Gasteiger partial charge in [-0.05, 0) is 125 Å². The Balaban J connectivity index is 2.11. The molecule has 3 saturated heterocycles. The van der Waals surface area contributed by atoms with Crippen molar-refractivity contribution in [1.29, 1.82) is 0 Å². The van der Waals surface area contributed by atoms with Gasteiger partial charge in [0.25, 0.3) is 0 Å². The minimum Gasteiger partial charge on any atom is -0.459 e. The van der Waals surface area contributed by atoms with Crippen molar-refractivity contribution in [2.24, 2.45) is 17.8 Å². The van der Waals surface area contributed by atoms with Crippen molar-refractivity contribution < 1.29 is 58.7 Å². The lowest BCUT2D eigenvalue weighted by Gasteiger charge is -2.48. The first-order valence-electron chi connectivity index (χ1n) is 23.1. The number of carbonyl (C=O) groups is 1. The number of ether oxygens (including phenoxy) is 6. The molecule has 16 nitrogen and oxygen atoms in total. The van der Waals surface area contributed by atoms with Gasteiger partial charge in [-0.15, -0.1) is 0 Å². The Bertz CT molecular complexity index is 1400. The molecule has 18 heteroatoms. The second-order valence-electron chi connectivity index (χ2n) is 19.6. The van der Waals surface area contributed by atoms with E-state index in [4.69, 9.17) is 40.6 Å². The number of likely N-dealkylation sites (N-methyl/N-ethyl adjacent to an activating group) is 1. The molecule has 0 saturated carbocycles. The van der Waals surface area contributed by atoms with Crippen LogP contribution in [0, 0.1) is 17.8 Å². The molecule has 18 atom stereocenters. The number of cyclic esters (lactones) is 1. The quantitative estimate of drug-likeness (QED) is 0.0717. The maximum absolute atomic E-state index is 14.5. The molecule has 0 bridgehead atoms. The highest BCUT2D eigenvalue weighted by Gasteiger charge is 2.53. The van der Waals surface area contributed by atoms with Gasteiger partial charge in [0.1, 0.15) is 30.0 Å². The fourth-order valence-electron chi connectivity index (χ4n) is 9.86. The van der Waals surface area contributed by atoms with Gasteiger partial charge in [0, 0.05) is 57.7 Å². The minimum atomic E-state index is -1.86. The summed E-state index contributed by atoms with van der Waals surface area (Å²) in [5.41, 5.74) is -4.52. The zero-order chi connectivity index (χ0) is 47.6. The second-order valence-corrected chi connectivity index (χ2v) is 21.0. The molecule has 0 aromatic carbocycles. The monoisotopic (exact) mass is 939 g/mol. The number of hydrogen-bond donors (Lipinski definition) is 7. The number of esters is 1. The Morgan fingerprint density at radius 2 is 1.60 bits per heavy atom. The molecule has 0 spiro atoms. The molecular formula is C45H86N4O12S2. The van der Waals surface area contributed by atoms with Crippen LogP contribution in [0.4, 0.5) is 0 Å². The van der Waals surface area contributed by atoms with Crippen LogP contribution in [0.5, 0.6) is 0 Å². The van der Waals surface area contributed by atoms with E-state index in [1.807, 2.05) is 46.7 Å². The van der Waals surface area contributed by atoms with Crippen LogP contribution in [0.25, 0.3) is 0 Å². The number of carbonyl (C=O) groups excluding carboxylic acids is 1. The number of nitrogens with zero attached hydrogens (tertiary/aromatic N) is 2. The van der Waals surface area contributed by atoms with E-state index in [-0.39, 0.29) is 37.3 Å². The normalized spacial score (nSPS) is 42.9. The van der Waals surface area contributed by atoms with Gasteiger partial charge in [0.2, 0.25) is 0 Å². The third-order valence-electron chi connectivity index (χ3n) is 13.8. The van der Waals surface area contributed by atoms with Gasteiger partial charge in [-0.2, -0.15) is 11.8 Å². The molecule has 0 unspecified atom stereocenters. The first-order valence-corrected chi connectivity index (χ1v) is 24.9. The molecule has 0 radical (unpaired) electrons. The van der Waals surface area contributed by atoms with Crippen LogP contribution in [0.1, 0.15) is 108 Å². The summed E-state index contributed by atoms with van der Waals surface area (Å²) in [5.74, 6) is -1.68. The van der Waals surface area contributed by atoms with Crippen molar-refractivity contribution >= 4 is 35.1 Å². The van der Waals surface area contributed by atoms with E-state index in [1.54, 1.807) is 46.4 Å². The number of methoxy groups -OCH3 is 1. The zero-order valence-electron chi connectivity index (χ0n) is 40.7. The smallest absolute Gasteiger partial charge is 0.311 e. The van der Waals surface area contributed by atoms with E-state index in [2.05, 4.69) is 21.8 Å². The number of aliphatic hydroxyl groups is 5. The highest BCUT2D eigenvalue weighted by atomic mass is 32.2. The van der Waals surface area contributed by atoms with Crippen LogP contribution >= 0.6 is 24.0 Å². The molecule has 3 aliphatic rings.